The Morgan fingerprint density at radius 3 is 2.52 bits per heavy atom. The van der Waals surface area contributed by atoms with Crippen LogP contribution in [0.3, 0.4) is 0 Å². The summed E-state index contributed by atoms with van der Waals surface area (Å²) < 4.78 is 25.6. The molecule has 2 aliphatic rings. The number of nitrogens with one attached hydrogen (secondary N) is 1. The van der Waals surface area contributed by atoms with Gasteiger partial charge in [-0.2, -0.15) is 0 Å². The Hall–Kier alpha value is -0.870. The third-order valence-corrected chi connectivity index (χ3v) is 7.61. The van der Waals surface area contributed by atoms with Crippen molar-refractivity contribution < 1.29 is 8.42 Å². The molecule has 21 heavy (non-hydrogen) atoms. The summed E-state index contributed by atoms with van der Waals surface area (Å²) in [6.07, 6.45) is 4.32. The summed E-state index contributed by atoms with van der Waals surface area (Å²) in [7, 11) is -3.19. The topological polar surface area (TPSA) is 46.2 Å². The van der Waals surface area contributed by atoms with Gasteiger partial charge in [0.1, 0.15) is 0 Å². The fourth-order valence-corrected chi connectivity index (χ4v) is 5.69. The summed E-state index contributed by atoms with van der Waals surface area (Å²) in [6, 6.07) is 4.30. The standard InChI is InChI=1S/C17H25NO2S/c1-4-8-18-17-11(2)12(3)21(19,20)16-10-14-7-5-6-13(14)9-15(16)17/h9-12,17-18H,4-8H2,1-3H3. The summed E-state index contributed by atoms with van der Waals surface area (Å²) in [6.45, 7) is 6.99. The molecule has 3 nitrogen and oxygen atoms in total. The maximum Gasteiger partial charge on any atom is 0.181 e. The molecule has 1 aliphatic heterocycles. The van der Waals surface area contributed by atoms with Gasteiger partial charge in [-0.25, -0.2) is 8.42 Å². The first-order chi connectivity index (χ1) is 9.96. The second kappa shape index (κ2) is 5.40. The van der Waals surface area contributed by atoms with Crippen LogP contribution in [0.1, 0.15) is 56.3 Å². The smallest absolute Gasteiger partial charge is 0.181 e. The van der Waals surface area contributed by atoms with Crippen LogP contribution in [0.4, 0.5) is 0 Å². The third-order valence-electron chi connectivity index (χ3n) is 5.24. The van der Waals surface area contributed by atoms with Gasteiger partial charge in [0.15, 0.2) is 9.84 Å². The van der Waals surface area contributed by atoms with E-state index in [9.17, 15) is 8.42 Å². The Balaban J connectivity index is 2.15. The van der Waals surface area contributed by atoms with Crippen molar-refractivity contribution in [1.29, 1.82) is 0 Å². The molecular formula is C17H25NO2S. The first-order valence-electron chi connectivity index (χ1n) is 8.09. The van der Waals surface area contributed by atoms with E-state index in [0.29, 0.717) is 4.90 Å². The lowest BCUT2D eigenvalue weighted by atomic mass is 9.89. The Kier molecular flexibility index (Phi) is 3.87. The Morgan fingerprint density at radius 1 is 1.19 bits per heavy atom. The lowest BCUT2D eigenvalue weighted by Crippen LogP contribution is -2.41. The molecule has 3 atom stereocenters. The zero-order chi connectivity index (χ0) is 15.2. The van der Waals surface area contributed by atoms with Crippen molar-refractivity contribution in [2.24, 2.45) is 5.92 Å². The van der Waals surface area contributed by atoms with E-state index in [2.05, 4.69) is 25.2 Å². The average molecular weight is 307 g/mol. The molecule has 1 heterocycles. The number of fused-ring (bicyclic) bond motifs is 2. The molecule has 1 aromatic rings. The van der Waals surface area contributed by atoms with Gasteiger partial charge in [0.2, 0.25) is 0 Å². The normalized spacial score (nSPS) is 30.0. The lowest BCUT2D eigenvalue weighted by Gasteiger charge is -2.36. The quantitative estimate of drug-likeness (QED) is 0.933. The Bertz CT molecular complexity index is 651. The highest BCUT2D eigenvalue weighted by molar-refractivity contribution is 7.92. The number of rotatable bonds is 3. The van der Waals surface area contributed by atoms with Gasteiger partial charge in [0.05, 0.1) is 10.1 Å². The molecule has 0 saturated carbocycles. The molecule has 1 aliphatic carbocycles. The highest BCUT2D eigenvalue weighted by atomic mass is 32.2. The fraction of sp³-hybridized carbons (Fsp3) is 0.647. The summed E-state index contributed by atoms with van der Waals surface area (Å²) in [5, 5.41) is 3.25. The van der Waals surface area contributed by atoms with E-state index in [1.54, 1.807) is 0 Å². The first-order valence-corrected chi connectivity index (χ1v) is 9.64. The third kappa shape index (κ3) is 2.33. The largest absolute Gasteiger partial charge is 0.310 e. The number of sulfone groups is 1. The van der Waals surface area contributed by atoms with Crippen molar-refractivity contribution in [2.45, 2.75) is 62.6 Å². The first kappa shape index (κ1) is 15.0. The van der Waals surface area contributed by atoms with E-state index in [-0.39, 0.29) is 17.2 Å². The van der Waals surface area contributed by atoms with Gasteiger partial charge in [-0.05, 0) is 67.8 Å². The van der Waals surface area contributed by atoms with Gasteiger partial charge in [-0.3, -0.25) is 0 Å². The maximum absolute atomic E-state index is 12.8. The molecule has 0 fully saturated rings. The predicted octanol–water partition coefficient (Wildman–Crippen LogP) is 3.03. The van der Waals surface area contributed by atoms with Crippen LogP contribution >= 0.6 is 0 Å². The van der Waals surface area contributed by atoms with Crippen molar-refractivity contribution in [2.75, 3.05) is 6.54 Å². The fourth-order valence-electron chi connectivity index (χ4n) is 3.74. The number of aryl methyl sites for hydroxylation is 2. The van der Waals surface area contributed by atoms with Crippen molar-refractivity contribution in [3.8, 4) is 0 Å². The highest BCUT2D eigenvalue weighted by Crippen LogP contribution is 2.42. The SMILES string of the molecule is CCCNC1c2cc3c(cc2S(=O)(=O)C(C)C1C)CCC3. The molecule has 4 heteroatoms. The highest BCUT2D eigenvalue weighted by Gasteiger charge is 2.42. The van der Waals surface area contributed by atoms with Gasteiger partial charge in [0.25, 0.3) is 0 Å². The minimum atomic E-state index is -3.19. The molecule has 1 N–H and O–H groups in total. The molecule has 3 rings (SSSR count). The minimum Gasteiger partial charge on any atom is -0.310 e. The Labute approximate surface area is 128 Å². The van der Waals surface area contributed by atoms with Gasteiger partial charge >= 0.3 is 0 Å². The zero-order valence-corrected chi connectivity index (χ0v) is 14.0. The second-order valence-electron chi connectivity index (χ2n) is 6.55. The minimum absolute atomic E-state index is 0.105. The van der Waals surface area contributed by atoms with Gasteiger partial charge in [-0.15, -0.1) is 0 Å². The van der Waals surface area contributed by atoms with E-state index in [0.717, 1.165) is 37.8 Å². The van der Waals surface area contributed by atoms with Crippen molar-refractivity contribution in [3.05, 3.63) is 28.8 Å². The number of benzene rings is 1. The van der Waals surface area contributed by atoms with Crippen LogP contribution in [-0.2, 0) is 22.7 Å². The van der Waals surface area contributed by atoms with Crippen LogP contribution in [-0.4, -0.2) is 20.2 Å². The second-order valence-corrected chi connectivity index (χ2v) is 8.83. The molecule has 0 amide bonds. The molecule has 0 radical (unpaired) electrons. The van der Waals surface area contributed by atoms with Crippen molar-refractivity contribution in [1.82, 2.24) is 5.32 Å². The van der Waals surface area contributed by atoms with E-state index < -0.39 is 9.84 Å². The summed E-state index contributed by atoms with van der Waals surface area (Å²) in [5.74, 6) is 0.105. The monoisotopic (exact) mass is 307 g/mol. The van der Waals surface area contributed by atoms with E-state index >= 15 is 0 Å². The zero-order valence-electron chi connectivity index (χ0n) is 13.1. The summed E-state index contributed by atoms with van der Waals surface area (Å²) in [4.78, 5) is 0.586. The molecule has 0 bridgehead atoms. The average Bonchev–Trinajstić information content (AvgIpc) is 2.91. The van der Waals surface area contributed by atoms with Gasteiger partial charge in [0, 0.05) is 6.04 Å². The summed E-state index contributed by atoms with van der Waals surface area (Å²) in [5.41, 5.74) is 3.61. The molecule has 0 aromatic heterocycles. The Morgan fingerprint density at radius 2 is 1.86 bits per heavy atom. The number of hydrogen-bond acceptors (Lipinski definition) is 3. The molecule has 1 aromatic carbocycles. The van der Waals surface area contributed by atoms with Crippen LogP contribution in [0.15, 0.2) is 17.0 Å². The maximum atomic E-state index is 12.8. The van der Waals surface area contributed by atoms with E-state index in [1.807, 2.05) is 13.0 Å². The van der Waals surface area contributed by atoms with Gasteiger partial charge in [-0.1, -0.05) is 19.9 Å². The van der Waals surface area contributed by atoms with Crippen LogP contribution < -0.4 is 5.32 Å². The van der Waals surface area contributed by atoms with Crippen LogP contribution in [0.2, 0.25) is 0 Å². The van der Waals surface area contributed by atoms with Crippen LogP contribution in [0.5, 0.6) is 0 Å². The van der Waals surface area contributed by atoms with E-state index in [1.165, 1.54) is 11.1 Å². The molecule has 3 unspecified atom stereocenters. The van der Waals surface area contributed by atoms with Crippen molar-refractivity contribution >= 4 is 9.84 Å². The molecular weight excluding hydrogens is 282 g/mol. The molecule has 0 spiro atoms. The molecule has 0 saturated heterocycles. The van der Waals surface area contributed by atoms with Gasteiger partial charge < -0.3 is 5.32 Å². The van der Waals surface area contributed by atoms with Crippen LogP contribution in [0, 0.1) is 5.92 Å². The van der Waals surface area contributed by atoms with Crippen LogP contribution in [0.25, 0.3) is 0 Å². The predicted molar refractivity (Wildman–Crippen MR) is 85.3 cm³/mol. The lowest BCUT2D eigenvalue weighted by molar-refractivity contribution is 0.358. The summed E-state index contributed by atoms with van der Waals surface area (Å²) >= 11 is 0. The van der Waals surface area contributed by atoms with Crippen molar-refractivity contribution in [3.63, 3.8) is 0 Å². The molecule has 116 valence electrons. The van der Waals surface area contributed by atoms with E-state index in [4.69, 9.17) is 0 Å². The number of hydrogen-bond donors (Lipinski definition) is 1.